The highest BCUT2D eigenvalue weighted by molar-refractivity contribution is 6.33. The number of nitrogens with zero attached hydrogens (tertiary/aromatic N) is 3. The number of carbonyl (C=O) groups excluding carboxylic acids is 2. The van der Waals surface area contributed by atoms with Gasteiger partial charge in [0.2, 0.25) is 0 Å². The summed E-state index contributed by atoms with van der Waals surface area (Å²) in [6, 6.07) is 9.44. The Bertz CT molecular complexity index is 832. The van der Waals surface area contributed by atoms with E-state index in [4.69, 9.17) is 27.9 Å². The quantitative estimate of drug-likeness (QED) is 0.328. The molecule has 0 spiro atoms. The number of piperazine rings is 1. The summed E-state index contributed by atoms with van der Waals surface area (Å²) in [4.78, 5) is 33.3. The van der Waals surface area contributed by atoms with Gasteiger partial charge in [-0.15, -0.1) is 0 Å². The normalized spacial score (nSPS) is 15.5. The lowest BCUT2D eigenvalue weighted by Gasteiger charge is -2.31. The molecule has 1 saturated heterocycles. The van der Waals surface area contributed by atoms with Crippen molar-refractivity contribution in [1.29, 1.82) is 0 Å². The van der Waals surface area contributed by atoms with Gasteiger partial charge in [-0.3, -0.25) is 9.69 Å². The van der Waals surface area contributed by atoms with Gasteiger partial charge in [0.1, 0.15) is 16.1 Å². The summed E-state index contributed by atoms with van der Waals surface area (Å²) in [7, 11) is 2.06. The van der Waals surface area contributed by atoms with Crippen molar-refractivity contribution in [2.24, 2.45) is 0 Å². The van der Waals surface area contributed by atoms with Crippen molar-refractivity contribution in [3.8, 4) is 5.75 Å². The number of hydrogen-bond donors (Lipinski definition) is 0. The summed E-state index contributed by atoms with van der Waals surface area (Å²) in [5, 5.41) is 0.183. The van der Waals surface area contributed by atoms with Gasteiger partial charge in [-0.25, -0.2) is 9.78 Å². The molecule has 0 N–H and O–H groups in total. The average Bonchev–Trinajstić information content (AvgIpc) is 2.63. The molecule has 6 nitrogen and oxygen atoms in total. The van der Waals surface area contributed by atoms with E-state index in [1.54, 1.807) is 24.3 Å². The number of pyridine rings is 1. The van der Waals surface area contributed by atoms with Crippen molar-refractivity contribution in [3.05, 3.63) is 57.8 Å². The molecule has 1 fully saturated rings. The van der Waals surface area contributed by atoms with Crippen LogP contribution in [0.15, 0.2) is 36.4 Å². The Morgan fingerprint density at radius 2 is 1.70 bits per heavy atom. The van der Waals surface area contributed by atoms with Crippen molar-refractivity contribution in [2.75, 3.05) is 39.8 Å². The Labute approximate surface area is 167 Å². The molecule has 2 aromatic rings. The van der Waals surface area contributed by atoms with Gasteiger partial charge in [-0.1, -0.05) is 35.3 Å². The van der Waals surface area contributed by atoms with Gasteiger partial charge in [-0.2, -0.15) is 0 Å². The zero-order chi connectivity index (χ0) is 19.4. The molecule has 0 aliphatic carbocycles. The highest BCUT2D eigenvalue weighted by atomic mass is 35.5. The molecule has 2 heterocycles. The summed E-state index contributed by atoms with van der Waals surface area (Å²) in [6.07, 6.45) is 0. The summed E-state index contributed by atoms with van der Waals surface area (Å²) in [5.41, 5.74) is 0.539. The number of aromatic nitrogens is 1. The van der Waals surface area contributed by atoms with Crippen molar-refractivity contribution < 1.29 is 14.3 Å². The van der Waals surface area contributed by atoms with E-state index >= 15 is 0 Å². The molecular formula is C19H19Cl2N3O3. The summed E-state index contributed by atoms with van der Waals surface area (Å²) in [6.45, 7) is 3.80. The Kier molecular flexibility index (Phi) is 6.44. The molecule has 1 aliphatic rings. The second-order valence-electron chi connectivity index (χ2n) is 6.39. The number of halogens is 2. The van der Waals surface area contributed by atoms with E-state index in [1.165, 1.54) is 12.1 Å². The standard InChI is InChI=1S/C19H19Cl2N3O3/c1-23-6-8-24(9-7-23)12-15(25)14-4-2-3-5-16(14)27-19(26)13-10-17(20)22-18(21)11-13/h2-5,10-11H,6-9,12H2,1H3. The fourth-order valence-corrected chi connectivity index (χ4v) is 3.28. The Balaban J connectivity index is 1.73. The third-order valence-electron chi connectivity index (χ3n) is 4.35. The van der Waals surface area contributed by atoms with Crippen LogP contribution in [0.4, 0.5) is 0 Å². The first-order valence-electron chi connectivity index (χ1n) is 8.51. The minimum Gasteiger partial charge on any atom is -0.422 e. The monoisotopic (exact) mass is 407 g/mol. The number of carbonyl (C=O) groups is 2. The number of rotatable bonds is 5. The largest absolute Gasteiger partial charge is 0.422 e. The third-order valence-corrected chi connectivity index (χ3v) is 4.74. The Hall–Kier alpha value is -1.99. The molecule has 27 heavy (non-hydrogen) atoms. The number of esters is 1. The molecule has 0 radical (unpaired) electrons. The number of likely N-dealkylation sites (N-methyl/N-ethyl adjacent to an activating group) is 1. The van der Waals surface area contributed by atoms with Crippen LogP contribution in [0.1, 0.15) is 20.7 Å². The number of benzene rings is 1. The van der Waals surface area contributed by atoms with E-state index in [0.29, 0.717) is 5.56 Å². The minimum absolute atomic E-state index is 0.0891. The lowest BCUT2D eigenvalue weighted by atomic mass is 10.1. The predicted molar refractivity (Wildman–Crippen MR) is 104 cm³/mol. The van der Waals surface area contributed by atoms with Gasteiger partial charge in [0.25, 0.3) is 0 Å². The van der Waals surface area contributed by atoms with E-state index in [-0.39, 0.29) is 33.9 Å². The van der Waals surface area contributed by atoms with Crippen LogP contribution >= 0.6 is 23.2 Å². The van der Waals surface area contributed by atoms with Crippen LogP contribution in [-0.2, 0) is 0 Å². The molecule has 1 aliphatic heterocycles. The fourth-order valence-electron chi connectivity index (χ4n) is 2.82. The van der Waals surface area contributed by atoms with E-state index in [2.05, 4.69) is 21.8 Å². The van der Waals surface area contributed by atoms with E-state index in [0.717, 1.165) is 26.2 Å². The summed E-state index contributed by atoms with van der Waals surface area (Å²) in [5.74, 6) is -0.527. The maximum atomic E-state index is 12.7. The SMILES string of the molecule is CN1CCN(CC(=O)c2ccccc2OC(=O)c2cc(Cl)nc(Cl)c2)CC1. The van der Waals surface area contributed by atoms with Gasteiger partial charge < -0.3 is 9.64 Å². The van der Waals surface area contributed by atoms with Crippen LogP contribution < -0.4 is 4.74 Å². The number of Topliss-reactive ketones (excluding diaryl/α,β-unsaturated/α-hetero) is 1. The summed E-state index contributed by atoms with van der Waals surface area (Å²) >= 11 is 11.7. The molecule has 0 saturated carbocycles. The first-order chi connectivity index (χ1) is 12.9. The van der Waals surface area contributed by atoms with E-state index in [9.17, 15) is 9.59 Å². The van der Waals surface area contributed by atoms with Crippen molar-refractivity contribution in [2.45, 2.75) is 0 Å². The fraction of sp³-hybridized carbons (Fsp3) is 0.316. The molecule has 0 bridgehead atoms. The molecule has 1 aromatic heterocycles. The Morgan fingerprint density at radius 3 is 2.37 bits per heavy atom. The van der Waals surface area contributed by atoms with Crippen LogP contribution in [0.5, 0.6) is 5.75 Å². The molecular weight excluding hydrogens is 389 g/mol. The van der Waals surface area contributed by atoms with Crippen LogP contribution in [-0.4, -0.2) is 66.3 Å². The predicted octanol–water partition coefficient (Wildman–Crippen LogP) is 3.04. The lowest BCUT2D eigenvalue weighted by Crippen LogP contribution is -2.46. The topological polar surface area (TPSA) is 62.7 Å². The highest BCUT2D eigenvalue weighted by Gasteiger charge is 2.21. The summed E-state index contributed by atoms with van der Waals surface area (Å²) < 4.78 is 5.44. The number of para-hydroxylation sites is 1. The molecule has 8 heteroatoms. The maximum Gasteiger partial charge on any atom is 0.343 e. The first kappa shape index (κ1) is 19.8. The number of hydrogen-bond acceptors (Lipinski definition) is 6. The van der Waals surface area contributed by atoms with Gasteiger partial charge >= 0.3 is 5.97 Å². The van der Waals surface area contributed by atoms with Gasteiger partial charge in [0, 0.05) is 26.2 Å². The van der Waals surface area contributed by atoms with Gasteiger partial charge in [0.15, 0.2) is 5.78 Å². The number of ketones is 1. The van der Waals surface area contributed by atoms with Crippen molar-refractivity contribution in [3.63, 3.8) is 0 Å². The van der Waals surface area contributed by atoms with Gasteiger partial charge in [0.05, 0.1) is 17.7 Å². The van der Waals surface area contributed by atoms with Crippen LogP contribution in [0, 0.1) is 0 Å². The Morgan fingerprint density at radius 1 is 1.07 bits per heavy atom. The molecule has 0 amide bonds. The minimum atomic E-state index is -0.652. The van der Waals surface area contributed by atoms with Crippen LogP contribution in [0.25, 0.3) is 0 Å². The molecule has 1 aromatic carbocycles. The van der Waals surface area contributed by atoms with Crippen molar-refractivity contribution >= 4 is 35.0 Å². The van der Waals surface area contributed by atoms with Crippen molar-refractivity contribution in [1.82, 2.24) is 14.8 Å². The second-order valence-corrected chi connectivity index (χ2v) is 7.16. The zero-order valence-corrected chi connectivity index (χ0v) is 16.3. The average molecular weight is 408 g/mol. The van der Waals surface area contributed by atoms with Crippen LogP contribution in [0.2, 0.25) is 10.3 Å². The van der Waals surface area contributed by atoms with Crippen LogP contribution in [0.3, 0.4) is 0 Å². The second kappa shape index (κ2) is 8.80. The molecule has 3 rings (SSSR count). The molecule has 0 unspecified atom stereocenters. The zero-order valence-electron chi connectivity index (χ0n) is 14.8. The number of ether oxygens (including phenoxy) is 1. The lowest BCUT2D eigenvalue weighted by molar-refractivity contribution is 0.0730. The van der Waals surface area contributed by atoms with E-state index in [1.807, 2.05) is 0 Å². The molecule has 0 atom stereocenters. The third kappa shape index (κ3) is 5.26. The molecule has 142 valence electrons. The first-order valence-corrected chi connectivity index (χ1v) is 9.26. The highest BCUT2D eigenvalue weighted by Crippen LogP contribution is 2.22. The van der Waals surface area contributed by atoms with E-state index < -0.39 is 5.97 Å². The van der Waals surface area contributed by atoms with Gasteiger partial charge in [-0.05, 0) is 31.3 Å². The maximum absolute atomic E-state index is 12.7. The smallest absolute Gasteiger partial charge is 0.343 e.